The SMILES string of the molecule is CCCCCCCCCCCCCCCCCC(=O)OC1CCC[NH+](C)CC1.O.[Cl-]. The molecule has 1 rings (SSSR count). The van der Waals surface area contributed by atoms with Crippen molar-refractivity contribution in [3.8, 4) is 0 Å². The normalized spacial score (nSPS) is 18.7. The number of unbranched alkanes of at least 4 members (excludes halogenated alkanes) is 14. The topological polar surface area (TPSA) is 62.2 Å². The van der Waals surface area contributed by atoms with Crippen LogP contribution >= 0.6 is 0 Å². The molecular weight excluding hydrogens is 398 g/mol. The highest BCUT2D eigenvalue weighted by Gasteiger charge is 2.20. The van der Waals surface area contributed by atoms with Gasteiger partial charge < -0.3 is 27.5 Å². The zero-order valence-corrected chi connectivity index (χ0v) is 20.9. The third-order valence-electron chi connectivity index (χ3n) is 6.31. The summed E-state index contributed by atoms with van der Waals surface area (Å²) in [6.07, 6.45) is 24.5. The van der Waals surface area contributed by atoms with Crippen LogP contribution in [0, 0.1) is 0 Å². The molecule has 0 bridgehead atoms. The molecule has 1 saturated heterocycles. The second-order valence-corrected chi connectivity index (χ2v) is 9.20. The minimum atomic E-state index is 0. The Kier molecular flexibility index (Phi) is 24.8. The van der Waals surface area contributed by atoms with Crippen molar-refractivity contribution >= 4 is 5.97 Å². The highest BCUT2D eigenvalue weighted by molar-refractivity contribution is 5.69. The molecule has 2 unspecified atom stereocenters. The average molecular weight is 450 g/mol. The quantitative estimate of drug-likeness (QED) is 0.273. The van der Waals surface area contributed by atoms with E-state index in [0.29, 0.717) is 6.42 Å². The minimum Gasteiger partial charge on any atom is -1.00 e. The molecule has 4 nitrogen and oxygen atoms in total. The van der Waals surface area contributed by atoms with E-state index >= 15 is 0 Å². The van der Waals surface area contributed by atoms with Gasteiger partial charge in [0, 0.05) is 12.8 Å². The summed E-state index contributed by atoms with van der Waals surface area (Å²) in [6, 6.07) is 0. The van der Waals surface area contributed by atoms with Crippen molar-refractivity contribution in [1.29, 1.82) is 0 Å². The van der Waals surface area contributed by atoms with Crippen LogP contribution in [0.3, 0.4) is 0 Å². The molecule has 0 aliphatic carbocycles. The van der Waals surface area contributed by atoms with Gasteiger partial charge in [-0.3, -0.25) is 4.79 Å². The molecule has 1 aliphatic rings. The van der Waals surface area contributed by atoms with E-state index < -0.39 is 0 Å². The van der Waals surface area contributed by atoms with Crippen molar-refractivity contribution in [2.24, 2.45) is 0 Å². The Morgan fingerprint density at radius 3 is 1.73 bits per heavy atom. The van der Waals surface area contributed by atoms with Gasteiger partial charge in [-0.25, -0.2) is 0 Å². The summed E-state index contributed by atoms with van der Waals surface area (Å²) in [5.74, 6) is 0.0410. The fourth-order valence-electron chi connectivity index (χ4n) is 4.31. The molecule has 1 fully saturated rings. The van der Waals surface area contributed by atoms with Gasteiger partial charge in [-0.05, 0) is 19.3 Å². The number of carbonyl (C=O) groups is 1. The number of esters is 1. The first-order valence-corrected chi connectivity index (χ1v) is 12.7. The summed E-state index contributed by atoms with van der Waals surface area (Å²) in [7, 11) is 2.24. The summed E-state index contributed by atoms with van der Waals surface area (Å²) >= 11 is 0. The fourth-order valence-corrected chi connectivity index (χ4v) is 4.31. The first-order valence-electron chi connectivity index (χ1n) is 12.7. The molecule has 30 heavy (non-hydrogen) atoms. The Hall–Kier alpha value is -0.320. The van der Waals surface area contributed by atoms with Crippen LogP contribution in [0.15, 0.2) is 0 Å². The first-order chi connectivity index (χ1) is 13.7. The number of ether oxygens (including phenoxy) is 1. The van der Waals surface area contributed by atoms with E-state index in [9.17, 15) is 4.79 Å². The molecule has 0 radical (unpaired) electrons. The summed E-state index contributed by atoms with van der Waals surface area (Å²) in [5, 5.41) is 0. The van der Waals surface area contributed by atoms with Crippen LogP contribution in [0.5, 0.6) is 0 Å². The molecule has 182 valence electrons. The Balaban J connectivity index is 0. The van der Waals surface area contributed by atoms with Crippen molar-refractivity contribution in [3.05, 3.63) is 0 Å². The summed E-state index contributed by atoms with van der Waals surface area (Å²) in [6.45, 7) is 4.64. The lowest BCUT2D eigenvalue weighted by molar-refractivity contribution is -0.878. The molecule has 0 aromatic heterocycles. The van der Waals surface area contributed by atoms with E-state index in [4.69, 9.17) is 4.74 Å². The number of carbonyl (C=O) groups excluding carboxylic acids is 1. The van der Waals surface area contributed by atoms with Crippen LogP contribution < -0.4 is 17.3 Å². The Labute approximate surface area is 193 Å². The number of hydrogen-bond acceptors (Lipinski definition) is 2. The third-order valence-corrected chi connectivity index (χ3v) is 6.31. The number of rotatable bonds is 17. The van der Waals surface area contributed by atoms with Gasteiger partial charge in [0.2, 0.25) is 0 Å². The second-order valence-electron chi connectivity index (χ2n) is 9.20. The molecule has 0 aromatic carbocycles. The van der Waals surface area contributed by atoms with Gasteiger partial charge in [-0.15, -0.1) is 0 Å². The maximum absolute atomic E-state index is 12.0. The van der Waals surface area contributed by atoms with Gasteiger partial charge in [0.15, 0.2) is 0 Å². The Bertz CT molecular complexity index is 368. The molecule has 0 amide bonds. The van der Waals surface area contributed by atoms with E-state index in [1.165, 1.54) is 103 Å². The molecule has 3 N–H and O–H groups in total. The average Bonchev–Trinajstić information content (AvgIpc) is 2.89. The van der Waals surface area contributed by atoms with Gasteiger partial charge in [-0.2, -0.15) is 0 Å². The van der Waals surface area contributed by atoms with Gasteiger partial charge in [-0.1, -0.05) is 96.8 Å². The van der Waals surface area contributed by atoms with E-state index in [2.05, 4.69) is 14.0 Å². The van der Waals surface area contributed by atoms with E-state index in [0.717, 1.165) is 25.8 Å². The van der Waals surface area contributed by atoms with Crippen LogP contribution in [-0.2, 0) is 9.53 Å². The Morgan fingerprint density at radius 2 is 1.23 bits per heavy atom. The standard InChI is InChI=1S/C25H49NO2.ClH.H2O/c1-3-4-5-6-7-8-9-10-11-12-13-14-15-16-17-20-25(27)28-24-19-18-22-26(2)23-21-24;;/h24H,3-23H2,1-2H3;1H;1H2. The molecule has 0 spiro atoms. The van der Waals surface area contributed by atoms with Crippen molar-refractivity contribution in [3.63, 3.8) is 0 Å². The molecular formula is C25H52ClNO3. The summed E-state index contributed by atoms with van der Waals surface area (Å²) in [4.78, 5) is 13.6. The lowest BCUT2D eigenvalue weighted by Crippen LogP contribution is -3.08. The lowest BCUT2D eigenvalue weighted by Gasteiger charge is -2.14. The molecule has 5 heteroatoms. The fraction of sp³-hybridized carbons (Fsp3) is 0.960. The van der Waals surface area contributed by atoms with Gasteiger partial charge in [0.1, 0.15) is 6.10 Å². The highest BCUT2D eigenvalue weighted by Crippen LogP contribution is 2.14. The molecule has 1 aliphatic heterocycles. The maximum Gasteiger partial charge on any atom is 0.306 e. The van der Waals surface area contributed by atoms with Crippen molar-refractivity contribution < 1.29 is 32.3 Å². The van der Waals surface area contributed by atoms with Crippen molar-refractivity contribution in [2.75, 3.05) is 20.1 Å². The molecule has 1 heterocycles. The van der Waals surface area contributed by atoms with E-state index in [-0.39, 0.29) is 30.0 Å². The van der Waals surface area contributed by atoms with Gasteiger partial charge >= 0.3 is 5.97 Å². The predicted octanol–water partition coefficient (Wildman–Crippen LogP) is 2.04. The molecule has 0 saturated carbocycles. The smallest absolute Gasteiger partial charge is 0.306 e. The number of hydrogen-bond donors (Lipinski definition) is 1. The largest absolute Gasteiger partial charge is 1.00 e. The lowest BCUT2D eigenvalue weighted by atomic mass is 10.0. The number of halogens is 1. The second kappa shape index (κ2) is 23.3. The zero-order chi connectivity index (χ0) is 20.3. The maximum atomic E-state index is 12.0. The van der Waals surface area contributed by atoms with Crippen LogP contribution in [-0.4, -0.2) is 37.7 Å². The van der Waals surface area contributed by atoms with Crippen molar-refractivity contribution in [2.45, 2.75) is 135 Å². The third kappa shape index (κ3) is 19.6. The monoisotopic (exact) mass is 449 g/mol. The van der Waals surface area contributed by atoms with Gasteiger partial charge in [0.05, 0.1) is 20.1 Å². The van der Waals surface area contributed by atoms with Crippen LogP contribution in [0.2, 0.25) is 0 Å². The first kappa shape index (κ1) is 31.9. The predicted molar refractivity (Wildman–Crippen MR) is 124 cm³/mol. The van der Waals surface area contributed by atoms with E-state index in [1.807, 2.05) is 0 Å². The minimum absolute atomic E-state index is 0. The number of quaternary nitrogens is 1. The molecule has 0 aromatic rings. The summed E-state index contributed by atoms with van der Waals surface area (Å²) in [5.41, 5.74) is 0. The number of likely N-dealkylation sites (tertiary alicyclic amines) is 1. The van der Waals surface area contributed by atoms with E-state index in [1.54, 1.807) is 4.90 Å². The highest BCUT2D eigenvalue weighted by atomic mass is 35.5. The Morgan fingerprint density at radius 1 is 0.767 bits per heavy atom. The van der Waals surface area contributed by atoms with Crippen LogP contribution in [0.25, 0.3) is 0 Å². The summed E-state index contributed by atoms with van der Waals surface area (Å²) < 4.78 is 5.69. The number of nitrogens with one attached hydrogen (secondary N) is 1. The van der Waals surface area contributed by atoms with Crippen LogP contribution in [0.4, 0.5) is 0 Å². The molecule has 2 atom stereocenters. The van der Waals surface area contributed by atoms with Crippen molar-refractivity contribution in [1.82, 2.24) is 0 Å². The van der Waals surface area contributed by atoms with Gasteiger partial charge in [0.25, 0.3) is 0 Å². The van der Waals surface area contributed by atoms with Crippen LogP contribution in [0.1, 0.15) is 129 Å². The zero-order valence-electron chi connectivity index (χ0n) is 20.1.